The Morgan fingerprint density at radius 1 is 1.06 bits per heavy atom. The highest BCUT2D eigenvalue weighted by Crippen LogP contribution is 2.20. The van der Waals surface area contributed by atoms with Crippen molar-refractivity contribution in [2.24, 2.45) is 24.4 Å². The largest absolute Gasteiger partial charge is 0.388 e. The first kappa shape index (κ1) is 24.0. The monoisotopic (exact) mass is 447 g/mol. The van der Waals surface area contributed by atoms with Gasteiger partial charge in [-0.25, -0.2) is 4.98 Å². The number of aromatic nitrogens is 2. The summed E-state index contributed by atoms with van der Waals surface area (Å²) in [6.45, 7) is 5.17. The van der Waals surface area contributed by atoms with Crippen molar-refractivity contribution in [3.8, 4) is 0 Å². The fraction of sp³-hybridized carbons (Fsp3) is 0.360. The third kappa shape index (κ3) is 5.97. The van der Waals surface area contributed by atoms with Crippen molar-refractivity contribution in [2.45, 2.75) is 33.1 Å². The van der Waals surface area contributed by atoms with Crippen molar-refractivity contribution in [3.63, 3.8) is 0 Å². The summed E-state index contributed by atoms with van der Waals surface area (Å²) in [7, 11) is 1.99. The lowest BCUT2D eigenvalue weighted by Crippen LogP contribution is -2.36. The van der Waals surface area contributed by atoms with Gasteiger partial charge in [-0.15, -0.1) is 0 Å². The molecule has 3 rings (SSSR count). The molecule has 0 radical (unpaired) electrons. The van der Waals surface area contributed by atoms with E-state index in [1.165, 1.54) is 0 Å². The average Bonchev–Trinajstić information content (AvgIpc) is 3.09. The number of nitrogens with two attached hydrogens (primary N) is 2. The smallest absolute Gasteiger partial charge is 0.253 e. The number of nitrogen functional groups attached to an aromatic ring is 1. The predicted molar refractivity (Wildman–Crippen MR) is 133 cm³/mol. The molecule has 0 atom stereocenters. The highest BCUT2D eigenvalue weighted by Gasteiger charge is 2.19. The number of benzene rings is 2. The third-order valence-corrected chi connectivity index (χ3v) is 5.65. The minimum Gasteiger partial charge on any atom is -0.388 e. The van der Waals surface area contributed by atoms with Gasteiger partial charge >= 0.3 is 0 Å². The SMILES string of the molecule is CC(C)CN(CCC(=N)N)C(=O)c1ccc2c(c1)nc(CCc1ccc(C(=N)N)cc1)n2C. The number of carbonyl (C=O) groups is 1. The lowest BCUT2D eigenvalue weighted by Gasteiger charge is -2.24. The van der Waals surface area contributed by atoms with Crippen molar-refractivity contribution in [1.29, 1.82) is 10.8 Å². The summed E-state index contributed by atoms with van der Waals surface area (Å²) in [5, 5.41) is 15.0. The maximum absolute atomic E-state index is 13.2. The summed E-state index contributed by atoms with van der Waals surface area (Å²) >= 11 is 0. The van der Waals surface area contributed by atoms with Crippen LogP contribution in [0.2, 0.25) is 0 Å². The molecule has 0 spiro atoms. The molecule has 0 aliphatic carbocycles. The van der Waals surface area contributed by atoms with Crippen LogP contribution in [0.15, 0.2) is 42.5 Å². The first-order valence-corrected chi connectivity index (χ1v) is 11.2. The molecule has 0 aliphatic heterocycles. The Labute approximate surface area is 194 Å². The molecular formula is C25H33N7O. The highest BCUT2D eigenvalue weighted by molar-refractivity contribution is 5.97. The van der Waals surface area contributed by atoms with E-state index in [0.29, 0.717) is 36.6 Å². The predicted octanol–water partition coefficient (Wildman–Crippen LogP) is 3.07. The quantitative estimate of drug-likeness (QED) is 0.280. The number of carbonyl (C=O) groups excluding carboxylic acids is 1. The molecule has 1 heterocycles. The van der Waals surface area contributed by atoms with Crippen LogP contribution in [0, 0.1) is 16.7 Å². The van der Waals surface area contributed by atoms with E-state index in [-0.39, 0.29) is 17.6 Å². The number of nitrogens with zero attached hydrogens (tertiary/aromatic N) is 3. The molecule has 174 valence electrons. The van der Waals surface area contributed by atoms with Crippen molar-refractivity contribution < 1.29 is 4.79 Å². The second kappa shape index (κ2) is 10.3. The summed E-state index contributed by atoms with van der Waals surface area (Å²) in [5.41, 5.74) is 15.3. The van der Waals surface area contributed by atoms with E-state index >= 15 is 0 Å². The van der Waals surface area contributed by atoms with Gasteiger partial charge in [0, 0.05) is 44.1 Å². The molecule has 1 amide bonds. The molecule has 0 aliphatic rings. The molecule has 0 saturated carbocycles. The number of imidazole rings is 1. The van der Waals surface area contributed by atoms with Gasteiger partial charge in [0.15, 0.2) is 0 Å². The second-order valence-electron chi connectivity index (χ2n) is 8.82. The summed E-state index contributed by atoms with van der Waals surface area (Å²) in [6, 6.07) is 13.3. The number of amidine groups is 2. The van der Waals surface area contributed by atoms with E-state index < -0.39 is 0 Å². The molecular weight excluding hydrogens is 414 g/mol. The number of nitrogens with one attached hydrogen (secondary N) is 2. The summed E-state index contributed by atoms with van der Waals surface area (Å²) < 4.78 is 2.06. The topological polar surface area (TPSA) is 138 Å². The number of aryl methyl sites for hydroxylation is 3. The molecule has 0 saturated heterocycles. The zero-order chi connectivity index (χ0) is 24.1. The molecule has 3 aromatic rings. The molecule has 8 nitrogen and oxygen atoms in total. The molecule has 33 heavy (non-hydrogen) atoms. The number of rotatable bonds is 10. The third-order valence-electron chi connectivity index (χ3n) is 5.65. The van der Waals surface area contributed by atoms with Crippen molar-refractivity contribution >= 4 is 28.6 Å². The van der Waals surface area contributed by atoms with E-state index in [1.807, 2.05) is 49.5 Å². The van der Waals surface area contributed by atoms with Crippen LogP contribution in [-0.4, -0.2) is 45.1 Å². The van der Waals surface area contributed by atoms with Gasteiger partial charge in [-0.05, 0) is 36.1 Å². The Balaban J connectivity index is 1.78. The van der Waals surface area contributed by atoms with E-state index in [1.54, 1.807) is 4.90 Å². The Morgan fingerprint density at radius 2 is 1.73 bits per heavy atom. The van der Waals surface area contributed by atoms with Gasteiger partial charge in [0.2, 0.25) is 0 Å². The molecule has 1 aromatic heterocycles. The van der Waals surface area contributed by atoms with E-state index in [9.17, 15) is 4.79 Å². The molecule has 0 bridgehead atoms. The molecule has 2 aromatic carbocycles. The minimum absolute atomic E-state index is 0.0652. The van der Waals surface area contributed by atoms with E-state index in [4.69, 9.17) is 27.3 Å². The van der Waals surface area contributed by atoms with Gasteiger partial charge in [-0.3, -0.25) is 15.6 Å². The highest BCUT2D eigenvalue weighted by atomic mass is 16.2. The van der Waals surface area contributed by atoms with Gasteiger partial charge in [0.1, 0.15) is 11.7 Å². The summed E-state index contributed by atoms with van der Waals surface area (Å²) in [6.07, 6.45) is 1.93. The number of fused-ring (bicyclic) bond motifs is 1. The van der Waals surface area contributed by atoms with Crippen LogP contribution < -0.4 is 11.5 Å². The molecule has 6 N–H and O–H groups in total. The van der Waals surface area contributed by atoms with Gasteiger partial charge in [0.25, 0.3) is 5.91 Å². The number of amides is 1. The first-order chi connectivity index (χ1) is 15.7. The van der Waals surface area contributed by atoms with Crippen LogP contribution in [0.3, 0.4) is 0 Å². The number of hydrogen-bond donors (Lipinski definition) is 4. The minimum atomic E-state index is -0.0652. The van der Waals surface area contributed by atoms with E-state index in [0.717, 1.165) is 35.3 Å². The second-order valence-corrected chi connectivity index (χ2v) is 8.82. The van der Waals surface area contributed by atoms with Crippen molar-refractivity contribution in [3.05, 3.63) is 65.0 Å². The summed E-state index contributed by atoms with van der Waals surface area (Å²) in [5.74, 6) is 1.34. The molecule has 0 unspecified atom stereocenters. The fourth-order valence-electron chi connectivity index (χ4n) is 3.87. The van der Waals surface area contributed by atoms with Crippen molar-refractivity contribution in [2.75, 3.05) is 13.1 Å². The maximum Gasteiger partial charge on any atom is 0.253 e. The summed E-state index contributed by atoms with van der Waals surface area (Å²) in [4.78, 5) is 19.7. The zero-order valence-corrected chi connectivity index (χ0v) is 19.6. The molecule has 0 fully saturated rings. The van der Waals surface area contributed by atoms with Crippen LogP contribution in [0.25, 0.3) is 11.0 Å². The van der Waals surface area contributed by atoms with Crippen LogP contribution in [-0.2, 0) is 19.9 Å². The Morgan fingerprint density at radius 3 is 2.33 bits per heavy atom. The van der Waals surface area contributed by atoms with E-state index in [2.05, 4.69) is 18.4 Å². The molecule has 8 heteroatoms. The van der Waals surface area contributed by atoms with Crippen LogP contribution in [0.4, 0.5) is 0 Å². The van der Waals surface area contributed by atoms with Gasteiger partial charge in [-0.2, -0.15) is 0 Å². The zero-order valence-electron chi connectivity index (χ0n) is 19.6. The Hall–Kier alpha value is -3.68. The maximum atomic E-state index is 13.2. The van der Waals surface area contributed by atoms with Crippen LogP contribution in [0.5, 0.6) is 0 Å². The Kier molecular flexibility index (Phi) is 7.48. The van der Waals surface area contributed by atoms with Crippen LogP contribution in [0.1, 0.15) is 47.6 Å². The van der Waals surface area contributed by atoms with Crippen LogP contribution >= 0.6 is 0 Å². The number of hydrogen-bond acceptors (Lipinski definition) is 4. The van der Waals surface area contributed by atoms with Gasteiger partial charge in [0.05, 0.1) is 16.9 Å². The van der Waals surface area contributed by atoms with Crippen molar-refractivity contribution in [1.82, 2.24) is 14.5 Å². The van der Waals surface area contributed by atoms with Gasteiger partial charge in [-0.1, -0.05) is 38.1 Å². The fourth-order valence-corrected chi connectivity index (χ4v) is 3.87. The average molecular weight is 448 g/mol. The normalized spacial score (nSPS) is 11.2. The lowest BCUT2D eigenvalue weighted by atomic mass is 10.1. The first-order valence-electron chi connectivity index (χ1n) is 11.2. The standard InChI is InChI=1S/C25H33N7O/c1-16(2)15-32(13-12-22(26)27)25(33)19-9-10-21-20(14-19)30-23(31(21)3)11-6-17-4-7-18(8-5-17)24(28)29/h4-5,7-10,14,16H,6,11-13,15H2,1-3H3,(H3,26,27)(H3,28,29). The lowest BCUT2D eigenvalue weighted by molar-refractivity contribution is 0.0741. The van der Waals surface area contributed by atoms with Gasteiger partial charge < -0.3 is 20.9 Å². The Bertz CT molecular complexity index is 1160.